The molecular formula is C26H24N2O4. The minimum Gasteiger partial charge on any atom is -0.486 e. The molecule has 0 atom stereocenters. The number of fused-ring (bicyclic) bond motifs is 2. The molecule has 2 heterocycles. The number of carbonyl (C=O) groups is 1. The summed E-state index contributed by atoms with van der Waals surface area (Å²) in [5.41, 5.74) is 4.60. The molecule has 1 aliphatic heterocycles. The molecule has 4 aromatic rings. The maximum atomic E-state index is 13.2. The Morgan fingerprint density at radius 1 is 0.969 bits per heavy atom. The summed E-state index contributed by atoms with van der Waals surface area (Å²) < 4.78 is 13.1. The summed E-state index contributed by atoms with van der Waals surface area (Å²) >= 11 is 0. The number of aliphatic hydroxyl groups is 1. The number of benzene rings is 3. The monoisotopic (exact) mass is 428 g/mol. The second kappa shape index (κ2) is 8.86. The maximum absolute atomic E-state index is 13.2. The molecular weight excluding hydrogens is 404 g/mol. The van der Waals surface area contributed by atoms with Gasteiger partial charge in [-0.05, 0) is 53.1 Å². The molecule has 0 aliphatic carbocycles. The fourth-order valence-corrected chi connectivity index (χ4v) is 4.02. The van der Waals surface area contributed by atoms with Gasteiger partial charge in [-0.2, -0.15) is 0 Å². The van der Waals surface area contributed by atoms with Gasteiger partial charge in [0.2, 0.25) is 0 Å². The van der Waals surface area contributed by atoms with Crippen molar-refractivity contribution < 1.29 is 19.4 Å². The Balaban J connectivity index is 1.45. The Morgan fingerprint density at radius 2 is 1.78 bits per heavy atom. The van der Waals surface area contributed by atoms with Crippen molar-refractivity contribution in [1.82, 2.24) is 9.88 Å². The van der Waals surface area contributed by atoms with Crippen molar-refractivity contribution in [3.8, 4) is 22.6 Å². The lowest BCUT2D eigenvalue weighted by Gasteiger charge is -2.19. The Morgan fingerprint density at radius 3 is 2.59 bits per heavy atom. The van der Waals surface area contributed by atoms with E-state index in [1.165, 1.54) is 0 Å². The molecule has 0 fully saturated rings. The van der Waals surface area contributed by atoms with Crippen molar-refractivity contribution >= 4 is 16.8 Å². The lowest BCUT2D eigenvalue weighted by Crippen LogP contribution is -2.17. The molecule has 0 bridgehead atoms. The number of aliphatic hydroxyl groups excluding tert-OH is 1. The normalized spacial score (nSPS) is 12.8. The van der Waals surface area contributed by atoms with Crippen molar-refractivity contribution in [1.29, 1.82) is 0 Å². The SMILES string of the molecule is O=C(c1ccc(CNCCO)cc1)n1ccc2c(-c3ccc4c(c3)OCCO4)cccc21. The second-order valence-electron chi connectivity index (χ2n) is 7.69. The van der Waals surface area contributed by atoms with Crippen LogP contribution in [0.1, 0.15) is 15.9 Å². The van der Waals surface area contributed by atoms with Gasteiger partial charge in [-0.3, -0.25) is 9.36 Å². The first-order valence-electron chi connectivity index (χ1n) is 10.7. The molecule has 3 aromatic carbocycles. The molecule has 32 heavy (non-hydrogen) atoms. The summed E-state index contributed by atoms with van der Waals surface area (Å²) in [6.07, 6.45) is 1.82. The average molecular weight is 428 g/mol. The van der Waals surface area contributed by atoms with E-state index in [2.05, 4.69) is 11.4 Å². The third-order valence-corrected chi connectivity index (χ3v) is 5.62. The standard InChI is InChI=1S/C26H24N2O4/c29-13-11-27-17-18-4-6-19(7-5-18)26(30)28-12-10-22-21(2-1-3-23(22)28)20-8-9-24-25(16-20)32-15-14-31-24/h1-10,12,16,27,29H,11,13-15,17H2. The lowest BCUT2D eigenvalue weighted by atomic mass is 10.0. The Bertz CT molecular complexity index is 1260. The summed E-state index contributed by atoms with van der Waals surface area (Å²) in [6, 6.07) is 21.5. The molecule has 0 spiro atoms. The van der Waals surface area contributed by atoms with Gasteiger partial charge in [-0.25, -0.2) is 0 Å². The molecule has 0 radical (unpaired) electrons. The zero-order chi connectivity index (χ0) is 21.9. The zero-order valence-electron chi connectivity index (χ0n) is 17.6. The topological polar surface area (TPSA) is 72.7 Å². The fraction of sp³-hybridized carbons (Fsp3) is 0.192. The van der Waals surface area contributed by atoms with E-state index < -0.39 is 0 Å². The first-order chi connectivity index (χ1) is 15.7. The number of nitrogens with one attached hydrogen (secondary N) is 1. The number of rotatable bonds is 6. The van der Waals surface area contributed by atoms with Crippen molar-refractivity contribution in [3.63, 3.8) is 0 Å². The van der Waals surface area contributed by atoms with E-state index in [4.69, 9.17) is 14.6 Å². The van der Waals surface area contributed by atoms with Crippen LogP contribution in [0.5, 0.6) is 11.5 Å². The summed E-state index contributed by atoms with van der Waals surface area (Å²) in [6.45, 7) is 2.41. The van der Waals surface area contributed by atoms with E-state index in [-0.39, 0.29) is 12.5 Å². The van der Waals surface area contributed by atoms with E-state index in [9.17, 15) is 4.79 Å². The largest absolute Gasteiger partial charge is 0.486 e. The highest BCUT2D eigenvalue weighted by Gasteiger charge is 2.16. The van der Waals surface area contributed by atoms with Gasteiger partial charge in [0.25, 0.3) is 5.91 Å². The number of ether oxygens (including phenoxy) is 2. The molecule has 6 nitrogen and oxygen atoms in total. The molecule has 1 aromatic heterocycles. The van der Waals surface area contributed by atoms with E-state index in [1.54, 1.807) is 4.57 Å². The summed E-state index contributed by atoms with van der Waals surface area (Å²) in [7, 11) is 0. The first kappa shape index (κ1) is 20.3. The summed E-state index contributed by atoms with van der Waals surface area (Å²) in [5, 5.41) is 13.0. The number of nitrogens with zero attached hydrogens (tertiary/aromatic N) is 1. The Kier molecular flexibility index (Phi) is 5.62. The Hall–Kier alpha value is -3.61. The molecule has 2 N–H and O–H groups in total. The van der Waals surface area contributed by atoms with Crippen LogP contribution >= 0.6 is 0 Å². The molecule has 1 aliphatic rings. The van der Waals surface area contributed by atoms with Crippen LogP contribution in [0, 0.1) is 0 Å². The molecule has 5 rings (SSSR count). The van der Waals surface area contributed by atoms with E-state index in [0.29, 0.717) is 31.9 Å². The lowest BCUT2D eigenvalue weighted by molar-refractivity contribution is 0.0965. The van der Waals surface area contributed by atoms with Crippen LogP contribution in [0.25, 0.3) is 22.0 Å². The van der Waals surface area contributed by atoms with E-state index in [0.717, 1.165) is 39.1 Å². The molecule has 162 valence electrons. The minimum absolute atomic E-state index is 0.0748. The van der Waals surface area contributed by atoms with Crippen LogP contribution in [0.3, 0.4) is 0 Å². The van der Waals surface area contributed by atoms with Crippen molar-refractivity contribution in [2.45, 2.75) is 6.54 Å². The van der Waals surface area contributed by atoms with E-state index >= 15 is 0 Å². The highest BCUT2D eigenvalue weighted by molar-refractivity contribution is 6.05. The van der Waals surface area contributed by atoms with Crippen LogP contribution in [-0.4, -0.2) is 41.9 Å². The fourth-order valence-electron chi connectivity index (χ4n) is 4.02. The van der Waals surface area contributed by atoms with Gasteiger partial charge in [0.15, 0.2) is 11.5 Å². The van der Waals surface area contributed by atoms with Crippen molar-refractivity contribution in [2.24, 2.45) is 0 Å². The predicted molar refractivity (Wildman–Crippen MR) is 123 cm³/mol. The van der Waals surface area contributed by atoms with Crippen LogP contribution in [0.15, 0.2) is 72.9 Å². The number of aromatic nitrogens is 1. The molecule has 0 saturated heterocycles. The molecule has 0 amide bonds. The second-order valence-corrected chi connectivity index (χ2v) is 7.69. The van der Waals surface area contributed by atoms with Crippen LogP contribution in [0.4, 0.5) is 0 Å². The van der Waals surface area contributed by atoms with Gasteiger partial charge in [0.05, 0.1) is 12.1 Å². The average Bonchev–Trinajstić information content (AvgIpc) is 3.28. The third kappa shape index (κ3) is 3.86. The smallest absolute Gasteiger partial charge is 0.262 e. The van der Waals surface area contributed by atoms with Crippen LogP contribution in [0.2, 0.25) is 0 Å². The van der Waals surface area contributed by atoms with Gasteiger partial charge in [0.1, 0.15) is 13.2 Å². The number of carbonyl (C=O) groups excluding carboxylic acids is 1. The van der Waals surface area contributed by atoms with Crippen LogP contribution < -0.4 is 14.8 Å². The van der Waals surface area contributed by atoms with Gasteiger partial charge >= 0.3 is 0 Å². The van der Waals surface area contributed by atoms with Gasteiger partial charge in [-0.1, -0.05) is 30.3 Å². The molecule has 0 unspecified atom stereocenters. The highest BCUT2D eigenvalue weighted by atomic mass is 16.6. The van der Waals surface area contributed by atoms with Gasteiger partial charge in [-0.15, -0.1) is 0 Å². The van der Waals surface area contributed by atoms with Crippen molar-refractivity contribution in [2.75, 3.05) is 26.4 Å². The number of hydrogen-bond donors (Lipinski definition) is 2. The molecule has 6 heteroatoms. The summed E-state index contributed by atoms with van der Waals surface area (Å²) in [4.78, 5) is 13.2. The third-order valence-electron chi connectivity index (χ3n) is 5.62. The predicted octanol–water partition coefficient (Wildman–Crippen LogP) is 3.85. The first-order valence-corrected chi connectivity index (χ1v) is 10.7. The maximum Gasteiger partial charge on any atom is 0.262 e. The minimum atomic E-state index is -0.0748. The van der Waals surface area contributed by atoms with E-state index in [1.807, 2.05) is 66.9 Å². The van der Waals surface area contributed by atoms with Crippen molar-refractivity contribution in [3.05, 3.63) is 84.1 Å². The summed E-state index contributed by atoms with van der Waals surface area (Å²) in [5.74, 6) is 1.43. The quantitative estimate of drug-likeness (QED) is 0.457. The Labute approximate surface area is 186 Å². The van der Waals surface area contributed by atoms with Gasteiger partial charge < -0.3 is 19.9 Å². The highest BCUT2D eigenvalue weighted by Crippen LogP contribution is 2.37. The van der Waals surface area contributed by atoms with Crippen LogP contribution in [-0.2, 0) is 6.54 Å². The molecule has 0 saturated carbocycles. The zero-order valence-corrected chi connectivity index (χ0v) is 17.6. The van der Waals surface area contributed by atoms with Gasteiger partial charge in [0, 0.05) is 30.2 Å². The number of hydrogen-bond acceptors (Lipinski definition) is 5.